The van der Waals surface area contributed by atoms with Crippen LogP contribution in [0.25, 0.3) is 0 Å². The van der Waals surface area contributed by atoms with Gasteiger partial charge >= 0.3 is 0 Å². The highest BCUT2D eigenvalue weighted by Gasteiger charge is 2.55. The van der Waals surface area contributed by atoms with Crippen molar-refractivity contribution >= 4 is 11.5 Å². The Morgan fingerprint density at radius 3 is 2.18 bits per heavy atom. The second-order valence-corrected chi connectivity index (χ2v) is 10.2. The Hall–Kier alpha value is -1.49. The van der Waals surface area contributed by atoms with Crippen molar-refractivity contribution in [3.8, 4) is 0 Å². The Kier molecular flexibility index (Phi) is 5.47. The van der Waals surface area contributed by atoms with Crippen molar-refractivity contribution in [2.75, 3.05) is 31.1 Å². The van der Waals surface area contributed by atoms with Crippen LogP contribution in [0.4, 0.5) is 5.69 Å². The summed E-state index contributed by atoms with van der Waals surface area (Å²) in [6, 6.07) is 0.739. The number of ketones is 1. The third-order valence-electron chi connectivity index (χ3n) is 7.13. The van der Waals surface area contributed by atoms with Gasteiger partial charge in [0.15, 0.2) is 0 Å². The molecule has 2 saturated carbocycles. The molecule has 0 atom stereocenters. The van der Waals surface area contributed by atoms with E-state index in [1.807, 2.05) is 12.4 Å². The minimum Gasteiger partial charge on any atom is -0.366 e. The highest BCUT2D eigenvalue weighted by molar-refractivity contribution is 5.82. The number of carbonyl (C=O) groups excluding carboxylic acids is 1. The average Bonchev–Trinajstić information content (AvgIpc) is 2.59. The topological polar surface area (TPSA) is 49.3 Å². The average molecular weight is 385 g/mol. The van der Waals surface area contributed by atoms with Crippen molar-refractivity contribution in [3.63, 3.8) is 0 Å². The number of carbonyl (C=O) groups is 1. The van der Waals surface area contributed by atoms with Crippen LogP contribution in [-0.2, 0) is 4.79 Å². The summed E-state index contributed by atoms with van der Waals surface area (Å²) in [5.74, 6) is 2.69. The molecule has 0 amide bonds. The molecule has 4 rings (SSSR count). The van der Waals surface area contributed by atoms with Crippen LogP contribution < -0.4 is 4.90 Å². The fraction of sp³-hybridized carbons (Fsp3) is 0.783. The molecular formula is C23H36N4O. The van der Waals surface area contributed by atoms with Crippen LogP contribution in [0.3, 0.4) is 0 Å². The van der Waals surface area contributed by atoms with Crippen molar-refractivity contribution in [1.29, 1.82) is 0 Å². The Labute approximate surface area is 169 Å². The summed E-state index contributed by atoms with van der Waals surface area (Å²) in [6.07, 6.45) is 9.68. The van der Waals surface area contributed by atoms with E-state index in [1.165, 1.54) is 12.8 Å². The molecule has 1 aromatic rings. The fourth-order valence-corrected chi connectivity index (χ4v) is 5.45. The molecule has 0 aromatic carbocycles. The Bertz CT molecular complexity index is 677. The highest BCUT2D eigenvalue weighted by atomic mass is 16.1. The van der Waals surface area contributed by atoms with Crippen LogP contribution in [-0.4, -0.2) is 52.9 Å². The van der Waals surface area contributed by atoms with E-state index in [4.69, 9.17) is 0 Å². The van der Waals surface area contributed by atoms with Crippen molar-refractivity contribution < 1.29 is 4.79 Å². The lowest BCUT2D eigenvalue weighted by atomic mass is 9.49. The zero-order valence-electron chi connectivity index (χ0n) is 18.0. The maximum atomic E-state index is 12.2. The van der Waals surface area contributed by atoms with Crippen molar-refractivity contribution in [3.05, 3.63) is 18.2 Å². The van der Waals surface area contributed by atoms with Gasteiger partial charge in [-0.05, 0) is 37.0 Å². The molecule has 1 aliphatic heterocycles. The molecule has 0 radical (unpaired) electrons. The van der Waals surface area contributed by atoms with E-state index in [0.717, 1.165) is 63.0 Å². The third kappa shape index (κ3) is 3.96. The monoisotopic (exact) mass is 384 g/mol. The number of rotatable bonds is 6. The van der Waals surface area contributed by atoms with Gasteiger partial charge in [0.25, 0.3) is 0 Å². The Morgan fingerprint density at radius 1 is 1.04 bits per heavy atom. The number of piperazine rings is 1. The molecule has 0 unspecified atom stereocenters. The summed E-state index contributed by atoms with van der Waals surface area (Å²) in [5, 5.41) is 0. The van der Waals surface area contributed by atoms with E-state index in [-0.39, 0.29) is 0 Å². The standard InChI is InChI=1S/C23H36N4O/c1-16(2)9-21(28)18-10-23(11-18)12-19(13-23)26-5-7-27(8-6-26)20-14-24-22(17(3)4)25-15-20/h14-19H,5-13H2,1-4H3. The SMILES string of the molecule is CC(C)CC(=O)C1CC2(C1)CC(N1CCN(c3cnc(C(C)C)nc3)CC1)C2. The first-order chi connectivity index (χ1) is 13.3. The molecule has 3 aliphatic rings. The second kappa shape index (κ2) is 7.74. The molecule has 1 spiro atoms. The zero-order valence-corrected chi connectivity index (χ0v) is 18.0. The van der Waals surface area contributed by atoms with Gasteiger partial charge in [0.2, 0.25) is 0 Å². The number of nitrogens with zero attached hydrogens (tertiary/aromatic N) is 4. The normalized spacial score (nSPS) is 30.6. The van der Waals surface area contributed by atoms with Crippen LogP contribution in [0.5, 0.6) is 0 Å². The number of aromatic nitrogens is 2. The lowest BCUT2D eigenvalue weighted by Crippen LogP contribution is -2.60. The minimum atomic E-state index is 0.369. The molecule has 1 saturated heterocycles. The maximum Gasteiger partial charge on any atom is 0.136 e. The smallest absolute Gasteiger partial charge is 0.136 e. The minimum absolute atomic E-state index is 0.369. The number of Topliss-reactive ketones (excluding diaryl/α,β-unsaturated/α-hetero) is 1. The van der Waals surface area contributed by atoms with Crippen molar-refractivity contribution in [2.24, 2.45) is 17.3 Å². The van der Waals surface area contributed by atoms with E-state index >= 15 is 0 Å². The molecule has 28 heavy (non-hydrogen) atoms. The number of hydrogen-bond acceptors (Lipinski definition) is 5. The molecule has 154 valence electrons. The van der Waals surface area contributed by atoms with E-state index in [1.54, 1.807) is 0 Å². The van der Waals surface area contributed by atoms with Gasteiger partial charge in [-0.2, -0.15) is 0 Å². The van der Waals surface area contributed by atoms with Gasteiger partial charge in [0.05, 0.1) is 18.1 Å². The predicted molar refractivity (Wildman–Crippen MR) is 113 cm³/mol. The first-order valence-corrected chi connectivity index (χ1v) is 11.2. The molecule has 0 N–H and O–H groups in total. The van der Waals surface area contributed by atoms with E-state index in [9.17, 15) is 4.79 Å². The van der Waals surface area contributed by atoms with Crippen LogP contribution in [0.15, 0.2) is 12.4 Å². The van der Waals surface area contributed by atoms with Gasteiger partial charge < -0.3 is 4.90 Å². The molecule has 3 fully saturated rings. The van der Waals surface area contributed by atoms with Gasteiger partial charge in [-0.25, -0.2) is 9.97 Å². The summed E-state index contributed by atoms with van der Waals surface area (Å²) < 4.78 is 0. The van der Waals surface area contributed by atoms with Crippen LogP contribution >= 0.6 is 0 Å². The van der Waals surface area contributed by atoms with Crippen LogP contribution in [0.1, 0.15) is 71.5 Å². The van der Waals surface area contributed by atoms with Gasteiger partial charge in [-0.3, -0.25) is 9.69 Å². The van der Waals surface area contributed by atoms with Crippen LogP contribution in [0.2, 0.25) is 0 Å². The summed E-state index contributed by atoms with van der Waals surface area (Å²) in [4.78, 5) is 26.4. The lowest BCUT2D eigenvalue weighted by molar-refractivity contribution is -0.141. The second-order valence-electron chi connectivity index (χ2n) is 10.2. The van der Waals surface area contributed by atoms with E-state index in [2.05, 4.69) is 47.5 Å². The Morgan fingerprint density at radius 2 is 1.64 bits per heavy atom. The maximum absolute atomic E-state index is 12.2. The van der Waals surface area contributed by atoms with E-state index in [0.29, 0.717) is 29.0 Å². The molecular weight excluding hydrogens is 348 g/mol. The molecule has 5 nitrogen and oxygen atoms in total. The number of hydrogen-bond donors (Lipinski definition) is 0. The summed E-state index contributed by atoms with van der Waals surface area (Å²) >= 11 is 0. The predicted octanol–water partition coefficient (Wildman–Crippen LogP) is 3.90. The summed E-state index contributed by atoms with van der Waals surface area (Å²) in [5.41, 5.74) is 1.67. The Balaban J connectivity index is 1.21. The molecule has 1 aromatic heterocycles. The lowest BCUT2D eigenvalue weighted by Gasteiger charge is -2.60. The third-order valence-corrected chi connectivity index (χ3v) is 7.13. The first kappa shape index (κ1) is 19.8. The van der Waals surface area contributed by atoms with E-state index < -0.39 is 0 Å². The highest BCUT2D eigenvalue weighted by Crippen LogP contribution is 2.60. The van der Waals surface area contributed by atoms with Crippen molar-refractivity contribution in [1.82, 2.24) is 14.9 Å². The largest absolute Gasteiger partial charge is 0.366 e. The molecule has 5 heteroatoms. The van der Waals surface area contributed by atoms with Crippen LogP contribution in [0, 0.1) is 17.3 Å². The summed E-state index contributed by atoms with van der Waals surface area (Å²) in [7, 11) is 0. The number of anilines is 1. The quantitative estimate of drug-likeness (QED) is 0.744. The molecule has 2 heterocycles. The fourth-order valence-electron chi connectivity index (χ4n) is 5.45. The summed E-state index contributed by atoms with van der Waals surface area (Å²) in [6.45, 7) is 12.9. The van der Waals surface area contributed by atoms with Gasteiger partial charge in [-0.15, -0.1) is 0 Å². The van der Waals surface area contributed by atoms with Gasteiger partial charge in [0.1, 0.15) is 11.6 Å². The molecule has 2 aliphatic carbocycles. The molecule has 0 bridgehead atoms. The van der Waals surface area contributed by atoms with Gasteiger partial charge in [-0.1, -0.05) is 27.7 Å². The van der Waals surface area contributed by atoms with Gasteiger partial charge in [0, 0.05) is 50.5 Å². The zero-order chi connectivity index (χ0) is 19.9. The van der Waals surface area contributed by atoms with Crippen molar-refractivity contribution in [2.45, 2.75) is 71.8 Å². The first-order valence-electron chi connectivity index (χ1n) is 11.2.